The maximum Gasteiger partial charge on any atom is 0.297 e. The molecule has 25 heavy (non-hydrogen) atoms. The number of halogens is 1. The highest BCUT2D eigenvalue weighted by molar-refractivity contribution is 7.18. The van der Waals surface area contributed by atoms with E-state index in [0.717, 1.165) is 32.9 Å². The molecule has 0 aliphatic carbocycles. The third-order valence-electron chi connectivity index (χ3n) is 3.46. The van der Waals surface area contributed by atoms with Crippen molar-refractivity contribution < 1.29 is 26.6 Å². The lowest BCUT2D eigenvalue weighted by molar-refractivity contribution is -0.714. The number of aromatic nitrogens is 2. The van der Waals surface area contributed by atoms with Crippen molar-refractivity contribution in [3.63, 3.8) is 0 Å². The first kappa shape index (κ1) is 19.0. The molecule has 0 aliphatic rings. The summed E-state index contributed by atoms with van der Waals surface area (Å²) < 4.78 is 12.9. The number of hydrogen-bond acceptors (Lipinski definition) is 5. The average Bonchev–Trinajstić information content (AvgIpc) is 2.96. The van der Waals surface area contributed by atoms with Gasteiger partial charge in [0, 0.05) is 10.8 Å². The van der Waals surface area contributed by atoms with Crippen LogP contribution in [0.5, 0.6) is 11.5 Å². The molecule has 0 bridgehead atoms. The van der Waals surface area contributed by atoms with E-state index in [4.69, 9.17) is 9.47 Å². The lowest BCUT2D eigenvalue weighted by Crippen LogP contribution is -3.00. The molecule has 0 radical (unpaired) electrons. The third-order valence-corrected chi connectivity index (χ3v) is 4.53. The van der Waals surface area contributed by atoms with Gasteiger partial charge in [0.25, 0.3) is 10.1 Å². The minimum absolute atomic E-state index is 0. The van der Waals surface area contributed by atoms with Crippen molar-refractivity contribution in [2.24, 2.45) is 7.05 Å². The van der Waals surface area contributed by atoms with Gasteiger partial charge in [-0.2, -0.15) is 0 Å². The molecule has 3 aromatic rings. The van der Waals surface area contributed by atoms with Crippen LogP contribution in [0.1, 0.15) is 6.92 Å². The van der Waals surface area contributed by atoms with Crippen molar-refractivity contribution >= 4 is 22.2 Å². The Bertz CT molecular complexity index is 824. The zero-order valence-corrected chi connectivity index (χ0v) is 15.9. The zero-order valence-electron chi connectivity index (χ0n) is 14.3. The second-order valence-corrected chi connectivity index (χ2v) is 6.10. The number of ether oxygens (including phenoxy) is 2. The fraction of sp³-hybridized carbons (Fsp3) is 0.222. The number of aryl methyl sites for hydroxylation is 1. The molecule has 0 saturated carbocycles. The molecule has 2 aromatic carbocycles. The van der Waals surface area contributed by atoms with Crippen LogP contribution in [0, 0.1) is 0 Å². The fourth-order valence-electron chi connectivity index (χ4n) is 2.38. The molecule has 0 fully saturated rings. The molecular weight excluding hydrogens is 358 g/mol. The summed E-state index contributed by atoms with van der Waals surface area (Å²) in [4.78, 5) is 0. The number of anilines is 2. The van der Waals surface area contributed by atoms with Crippen LogP contribution in [0.15, 0.2) is 48.5 Å². The highest BCUT2D eigenvalue weighted by Crippen LogP contribution is 2.34. The molecule has 132 valence electrons. The lowest BCUT2D eigenvalue weighted by Gasteiger charge is -2.09. The molecule has 5 nitrogen and oxygen atoms in total. The minimum Gasteiger partial charge on any atom is -1.00 e. The third kappa shape index (κ3) is 4.41. The second kappa shape index (κ2) is 8.69. The lowest BCUT2D eigenvalue weighted by atomic mass is 10.2. The van der Waals surface area contributed by atoms with E-state index in [0.29, 0.717) is 6.61 Å². The highest BCUT2D eigenvalue weighted by atomic mass is 35.5. The van der Waals surface area contributed by atoms with E-state index >= 15 is 0 Å². The van der Waals surface area contributed by atoms with Crippen molar-refractivity contribution in [1.82, 2.24) is 5.10 Å². The summed E-state index contributed by atoms with van der Waals surface area (Å²) in [6.45, 7) is 2.55. The molecule has 0 unspecified atom stereocenters. The minimum atomic E-state index is 0. The highest BCUT2D eigenvalue weighted by Gasteiger charge is 2.20. The predicted molar refractivity (Wildman–Crippen MR) is 96.2 cm³/mol. The van der Waals surface area contributed by atoms with Gasteiger partial charge in [-0.25, -0.2) is 0 Å². The smallest absolute Gasteiger partial charge is 0.297 e. The van der Waals surface area contributed by atoms with Gasteiger partial charge in [-0.15, -0.1) is 0 Å². The van der Waals surface area contributed by atoms with Crippen LogP contribution >= 0.6 is 11.3 Å². The second-order valence-electron chi connectivity index (χ2n) is 5.13. The Morgan fingerprint density at radius 3 is 2.56 bits per heavy atom. The molecule has 7 heteroatoms. The largest absolute Gasteiger partial charge is 1.00 e. The van der Waals surface area contributed by atoms with E-state index in [-0.39, 0.29) is 12.4 Å². The van der Waals surface area contributed by atoms with Gasteiger partial charge >= 0.3 is 0 Å². The van der Waals surface area contributed by atoms with E-state index in [1.807, 2.05) is 67.2 Å². The van der Waals surface area contributed by atoms with Crippen LogP contribution < -0.4 is 31.9 Å². The SMILES string of the molecule is CCOc1cc(-c2sc(Nc3ccccc3)n[n+]2C)ccc1OC.[Cl-]. The topological polar surface area (TPSA) is 47.3 Å². The monoisotopic (exact) mass is 377 g/mol. The Kier molecular flexibility index (Phi) is 6.61. The van der Waals surface area contributed by atoms with E-state index in [2.05, 4.69) is 10.4 Å². The number of nitrogens with zero attached hydrogens (tertiary/aromatic N) is 2. The molecule has 0 saturated heterocycles. The summed E-state index contributed by atoms with van der Waals surface area (Å²) in [5.41, 5.74) is 2.06. The van der Waals surface area contributed by atoms with E-state index in [1.165, 1.54) is 0 Å². The molecule has 1 aromatic heterocycles. The number of para-hydroxylation sites is 1. The zero-order chi connectivity index (χ0) is 16.9. The van der Waals surface area contributed by atoms with Gasteiger partial charge in [0.05, 0.1) is 19.3 Å². The number of benzene rings is 2. The van der Waals surface area contributed by atoms with E-state index in [1.54, 1.807) is 18.4 Å². The van der Waals surface area contributed by atoms with Gasteiger partial charge in [0.15, 0.2) is 18.5 Å². The van der Waals surface area contributed by atoms with Crippen molar-refractivity contribution in [2.45, 2.75) is 6.92 Å². The first-order chi connectivity index (χ1) is 11.7. The van der Waals surface area contributed by atoms with Crippen LogP contribution in [0.4, 0.5) is 10.8 Å². The van der Waals surface area contributed by atoms with Crippen molar-refractivity contribution in [3.8, 4) is 22.1 Å². The number of hydrogen-bond donors (Lipinski definition) is 1. The number of rotatable bonds is 6. The van der Waals surface area contributed by atoms with Crippen molar-refractivity contribution in [3.05, 3.63) is 48.5 Å². The van der Waals surface area contributed by atoms with Crippen molar-refractivity contribution in [1.29, 1.82) is 0 Å². The summed E-state index contributed by atoms with van der Waals surface area (Å²) in [7, 11) is 3.58. The van der Waals surface area contributed by atoms with Gasteiger partial charge in [0.1, 0.15) is 0 Å². The summed E-state index contributed by atoms with van der Waals surface area (Å²) in [6.07, 6.45) is 0. The maximum atomic E-state index is 5.67. The van der Waals surface area contributed by atoms with Crippen LogP contribution in [0.3, 0.4) is 0 Å². The molecule has 0 spiro atoms. The van der Waals surface area contributed by atoms with Gasteiger partial charge in [-0.05, 0) is 48.6 Å². The maximum absolute atomic E-state index is 5.67. The molecule has 3 rings (SSSR count). The fourth-order valence-corrected chi connectivity index (χ4v) is 3.31. The van der Waals surface area contributed by atoms with Crippen LogP contribution in [-0.4, -0.2) is 18.8 Å². The number of methoxy groups -OCH3 is 1. The first-order valence-electron chi connectivity index (χ1n) is 7.71. The first-order valence-corrected chi connectivity index (χ1v) is 8.53. The van der Waals surface area contributed by atoms with Gasteiger partial charge in [-0.1, -0.05) is 22.9 Å². The quantitative estimate of drug-likeness (QED) is 0.645. The van der Waals surface area contributed by atoms with E-state index < -0.39 is 0 Å². The predicted octanol–water partition coefficient (Wildman–Crippen LogP) is 0.789. The average molecular weight is 378 g/mol. The Labute approximate surface area is 157 Å². The Balaban J connectivity index is 0.00000225. The standard InChI is InChI=1S/C18H20N3O2S.ClH/c1-4-23-16-12-13(10-11-15(16)22-3)17-21(2)20-18(24-17)19-14-8-6-5-7-9-14;/h5-12H,4H2,1-3H3,(H,19,20);1H/q+1;/p-1. The Hall–Kier alpha value is -2.31. The number of nitrogens with one attached hydrogen (secondary N) is 1. The summed E-state index contributed by atoms with van der Waals surface area (Å²) in [6, 6.07) is 15.9. The van der Waals surface area contributed by atoms with Crippen molar-refractivity contribution in [2.75, 3.05) is 19.0 Å². The van der Waals surface area contributed by atoms with Crippen LogP contribution in [0.25, 0.3) is 10.6 Å². The Morgan fingerprint density at radius 2 is 1.88 bits per heavy atom. The van der Waals surface area contributed by atoms with Gasteiger partial charge in [-0.3, -0.25) is 0 Å². The molecule has 1 N–H and O–H groups in total. The van der Waals surface area contributed by atoms with Gasteiger partial charge in [0.2, 0.25) is 0 Å². The summed E-state index contributed by atoms with van der Waals surface area (Å²) in [5, 5.41) is 9.76. The molecule has 0 amide bonds. The Morgan fingerprint density at radius 1 is 1.12 bits per heavy atom. The summed E-state index contributed by atoms with van der Waals surface area (Å²) >= 11 is 1.59. The van der Waals surface area contributed by atoms with Gasteiger partial charge < -0.3 is 27.2 Å². The molecule has 0 atom stereocenters. The summed E-state index contributed by atoms with van der Waals surface area (Å²) in [5.74, 6) is 1.47. The molecule has 1 heterocycles. The van der Waals surface area contributed by atoms with Crippen LogP contribution in [0.2, 0.25) is 0 Å². The molecule has 0 aliphatic heterocycles. The molecular formula is C18H20ClN3O2S. The van der Waals surface area contributed by atoms with Crippen LogP contribution in [-0.2, 0) is 7.05 Å². The van der Waals surface area contributed by atoms with E-state index in [9.17, 15) is 0 Å². The normalized spacial score (nSPS) is 10.0.